The summed E-state index contributed by atoms with van der Waals surface area (Å²) in [6, 6.07) is 11.7. The monoisotopic (exact) mass is 398 g/mol. The minimum absolute atomic E-state index is 0.0543. The highest BCUT2D eigenvalue weighted by Crippen LogP contribution is 2.17. The van der Waals surface area contributed by atoms with Crippen LogP contribution >= 0.6 is 0 Å². The van der Waals surface area contributed by atoms with E-state index in [1.807, 2.05) is 39.0 Å². The maximum atomic E-state index is 14.2. The summed E-state index contributed by atoms with van der Waals surface area (Å²) in [6.07, 6.45) is 2.02. The van der Waals surface area contributed by atoms with Crippen molar-refractivity contribution in [2.24, 2.45) is 0 Å². The molecule has 0 saturated heterocycles. The highest BCUT2D eigenvalue weighted by molar-refractivity contribution is 5.88. The fourth-order valence-electron chi connectivity index (χ4n) is 3.18. The molecule has 0 bridgehead atoms. The van der Waals surface area contributed by atoms with Crippen molar-refractivity contribution in [2.45, 2.75) is 59.5 Å². The Morgan fingerprint density at radius 3 is 2.52 bits per heavy atom. The van der Waals surface area contributed by atoms with Crippen molar-refractivity contribution in [2.75, 3.05) is 6.54 Å². The molecule has 29 heavy (non-hydrogen) atoms. The van der Waals surface area contributed by atoms with Crippen LogP contribution in [0.4, 0.5) is 4.39 Å². The van der Waals surface area contributed by atoms with Crippen LogP contribution in [0.1, 0.15) is 48.9 Å². The maximum Gasteiger partial charge on any atom is 0.242 e. The van der Waals surface area contributed by atoms with Gasteiger partial charge >= 0.3 is 0 Å². The Labute approximate surface area is 173 Å². The van der Waals surface area contributed by atoms with E-state index in [4.69, 9.17) is 0 Å². The number of hydrogen-bond donors (Lipinski definition) is 1. The molecule has 0 heterocycles. The number of benzene rings is 2. The molecular weight excluding hydrogens is 367 g/mol. The number of carbonyl (C=O) groups excluding carboxylic acids is 2. The third-order valence-corrected chi connectivity index (χ3v) is 5.14. The fraction of sp³-hybridized carbons (Fsp3) is 0.417. The second-order valence-electron chi connectivity index (χ2n) is 7.54. The lowest BCUT2D eigenvalue weighted by Gasteiger charge is -2.29. The molecule has 0 saturated carbocycles. The van der Waals surface area contributed by atoms with Crippen molar-refractivity contribution in [3.05, 3.63) is 70.5 Å². The van der Waals surface area contributed by atoms with E-state index in [0.29, 0.717) is 12.1 Å². The minimum atomic E-state index is -0.691. The van der Waals surface area contributed by atoms with Crippen LogP contribution < -0.4 is 5.32 Å². The number of halogens is 1. The van der Waals surface area contributed by atoms with Crippen LogP contribution in [-0.2, 0) is 22.6 Å². The Morgan fingerprint density at radius 1 is 1.10 bits per heavy atom. The van der Waals surface area contributed by atoms with E-state index in [-0.39, 0.29) is 30.6 Å². The highest BCUT2D eigenvalue weighted by atomic mass is 19.1. The van der Waals surface area contributed by atoms with Crippen LogP contribution in [-0.4, -0.2) is 29.3 Å². The summed E-state index contributed by atoms with van der Waals surface area (Å²) in [5, 5.41) is 2.88. The Balaban J connectivity index is 2.25. The molecule has 0 aliphatic heterocycles. The number of nitrogens with one attached hydrogen (secondary N) is 1. The molecule has 0 aliphatic carbocycles. The van der Waals surface area contributed by atoms with Gasteiger partial charge < -0.3 is 10.2 Å². The molecule has 0 aromatic heterocycles. The van der Waals surface area contributed by atoms with Gasteiger partial charge in [-0.05, 0) is 44.4 Å². The van der Waals surface area contributed by atoms with Gasteiger partial charge in [-0.25, -0.2) is 4.39 Å². The van der Waals surface area contributed by atoms with E-state index in [2.05, 4.69) is 5.32 Å². The number of hydrogen-bond acceptors (Lipinski definition) is 2. The molecule has 2 rings (SSSR count). The molecular formula is C24H31FN2O2. The third kappa shape index (κ3) is 6.41. The summed E-state index contributed by atoms with van der Waals surface area (Å²) in [4.78, 5) is 27.3. The van der Waals surface area contributed by atoms with Gasteiger partial charge in [-0.1, -0.05) is 55.3 Å². The van der Waals surface area contributed by atoms with Crippen molar-refractivity contribution in [1.29, 1.82) is 0 Å². The van der Waals surface area contributed by atoms with Gasteiger partial charge in [0.2, 0.25) is 11.8 Å². The maximum absolute atomic E-state index is 14.2. The number of aryl methyl sites for hydroxylation is 2. The predicted molar refractivity (Wildman–Crippen MR) is 114 cm³/mol. The average Bonchev–Trinajstić information content (AvgIpc) is 2.69. The summed E-state index contributed by atoms with van der Waals surface area (Å²) in [5.41, 5.74) is 3.42. The summed E-state index contributed by atoms with van der Waals surface area (Å²) in [6.45, 7) is 8.31. The minimum Gasteiger partial charge on any atom is -0.354 e. The zero-order chi connectivity index (χ0) is 21.4. The number of carbonyl (C=O) groups is 2. The Morgan fingerprint density at radius 2 is 1.83 bits per heavy atom. The van der Waals surface area contributed by atoms with Gasteiger partial charge in [0, 0.05) is 18.7 Å². The first kappa shape index (κ1) is 22.6. The van der Waals surface area contributed by atoms with Crippen LogP contribution in [0.2, 0.25) is 0 Å². The summed E-state index contributed by atoms with van der Waals surface area (Å²) in [5.74, 6) is -0.792. The van der Waals surface area contributed by atoms with Gasteiger partial charge in [0.1, 0.15) is 11.9 Å². The molecule has 2 aromatic carbocycles. The lowest BCUT2D eigenvalue weighted by molar-refractivity contribution is -0.140. The van der Waals surface area contributed by atoms with Crippen molar-refractivity contribution in [3.63, 3.8) is 0 Å². The molecule has 156 valence electrons. The molecule has 1 N–H and O–H groups in total. The lowest BCUT2D eigenvalue weighted by Crippen LogP contribution is -2.48. The molecule has 0 radical (unpaired) electrons. The predicted octanol–water partition coefficient (Wildman–Crippen LogP) is 4.32. The lowest BCUT2D eigenvalue weighted by atomic mass is 10.0. The van der Waals surface area contributed by atoms with Crippen LogP contribution in [0, 0.1) is 19.7 Å². The van der Waals surface area contributed by atoms with E-state index in [9.17, 15) is 14.0 Å². The van der Waals surface area contributed by atoms with Gasteiger partial charge in [0.15, 0.2) is 0 Å². The zero-order valence-electron chi connectivity index (χ0n) is 17.8. The first-order valence-electron chi connectivity index (χ1n) is 10.2. The summed E-state index contributed by atoms with van der Waals surface area (Å²) < 4.78 is 14.2. The fourth-order valence-corrected chi connectivity index (χ4v) is 3.18. The quantitative estimate of drug-likeness (QED) is 0.640. The van der Waals surface area contributed by atoms with Gasteiger partial charge in [-0.2, -0.15) is 0 Å². The van der Waals surface area contributed by atoms with Gasteiger partial charge in [0.25, 0.3) is 0 Å². The second-order valence-corrected chi connectivity index (χ2v) is 7.54. The van der Waals surface area contributed by atoms with Crippen LogP contribution in [0.25, 0.3) is 0 Å². The number of nitrogens with zero attached hydrogens (tertiary/aromatic N) is 1. The second kappa shape index (κ2) is 10.7. The number of unbranched alkanes of at least 4 members (excludes halogenated alkanes) is 1. The Hall–Kier alpha value is -2.69. The largest absolute Gasteiger partial charge is 0.354 e. The highest BCUT2D eigenvalue weighted by Gasteiger charge is 2.27. The molecule has 0 unspecified atom stereocenters. The van der Waals surface area contributed by atoms with Crippen molar-refractivity contribution in [3.8, 4) is 0 Å². The normalized spacial score (nSPS) is 11.8. The van der Waals surface area contributed by atoms with E-state index in [1.165, 1.54) is 11.0 Å². The van der Waals surface area contributed by atoms with E-state index >= 15 is 0 Å². The van der Waals surface area contributed by atoms with E-state index in [0.717, 1.165) is 29.5 Å². The summed E-state index contributed by atoms with van der Waals surface area (Å²) in [7, 11) is 0. The zero-order valence-corrected chi connectivity index (χ0v) is 17.8. The standard InChI is InChI=1S/C24H31FN2O2/c1-5-6-13-26-24(29)19(4)27(16-20-9-7-8-10-22(20)25)23(28)15-21-14-17(2)11-12-18(21)3/h7-12,14,19H,5-6,13,15-16H2,1-4H3,(H,26,29)/t19-/m0/s1. The Kier molecular flexibility index (Phi) is 8.37. The molecule has 0 spiro atoms. The van der Waals surface area contributed by atoms with Crippen LogP contribution in [0.3, 0.4) is 0 Å². The molecule has 0 aliphatic rings. The Bertz CT molecular complexity index is 851. The summed E-state index contributed by atoms with van der Waals surface area (Å²) >= 11 is 0. The van der Waals surface area contributed by atoms with E-state index in [1.54, 1.807) is 25.1 Å². The smallest absolute Gasteiger partial charge is 0.242 e. The van der Waals surface area contributed by atoms with Gasteiger partial charge in [-0.15, -0.1) is 0 Å². The third-order valence-electron chi connectivity index (χ3n) is 5.14. The van der Waals surface area contributed by atoms with E-state index < -0.39 is 6.04 Å². The molecule has 4 nitrogen and oxygen atoms in total. The topological polar surface area (TPSA) is 49.4 Å². The van der Waals surface area contributed by atoms with Gasteiger partial charge in [0.05, 0.1) is 6.42 Å². The van der Waals surface area contributed by atoms with Crippen molar-refractivity contribution in [1.82, 2.24) is 10.2 Å². The van der Waals surface area contributed by atoms with Gasteiger partial charge in [-0.3, -0.25) is 9.59 Å². The molecule has 5 heteroatoms. The molecule has 0 fully saturated rings. The first-order valence-corrected chi connectivity index (χ1v) is 10.2. The SMILES string of the molecule is CCCCNC(=O)[C@H](C)N(Cc1ccccc1F)C(=O)Cc1cc(C)ccc1C. The van der Waals surface area contributed by atoms with Crippen molar-refractivity contribution < 1.29 is 14.0 Å². The molecule has 2 aromatic rings. The number of rotatable bonds is 9. The average molecular weight is 399 g/mol. The van der Waals surface area contributed by atoms with Crippen molar-refractivity contribution >= 4 is 11.8 Å². The molecule has 1 atom stereocenters. The first-order chi connectivity index (χ1) is 13.8. The molecule has 2 amide bonds. The van der Waals surface area contributed by atoms with Crippen LogP contribution in [0.15, 0.2) is 42.5 Å². The van der Waals surface area contributed by atoms with Crippen LogP contribution in [0.5, 0.6) is 0 Å². The number of amides is 2.